The van der Waals surface area contributed by atoms with Gasteiger partial charge in [0, 0.05) is 37.6 Å². The summed E-state index contributed by atoms with van der Waals surface area (Å²) in [6.45, 7) is 2.39. The number of nitrogens with zero attached hydrogens (tertiary/aromatic N) is 3. The molecular formula is C14H15F2N3O. The van der Waals surface area contributed by atoms with Gasteiger partial charge in [0.05, 0.1) is 12.6 Å². The van der Waals surface area contributed by atoms with E-state index in [0.717, 1.165) is 25.0 Å². The van der Waals surface area contributed by atoms with Crippen LogP contribution in [0.25, 0.3) is 0 Å². The molecule has 106 valence electrons. The smallest absolute Gasteiger partial charge is 0.164 e. The molecule has 0 bridgehead atoms. The standard InChI is InChI=1S/C14H15F2N3O/c15-11-3-1-2-10(14(11)16)12(20)8-18-6-7-19-5-4-17-13(19)9-18/h1-5,12,20H,6-9H2. The fourth-order valence-corrected chi connectivity index (χ4v) is 2.50. The summed E-state index contributed by atoms with van der Waals surface area (Å²) in [6.07, 6.45) is 2.60. The van der Waals surface area contributed by atoms with Gasteiger partial charge < -0.3 is 9.67 Å². The molecule has 0 amide bonds. The number of fused-ring (bicyclic) bond motifs is 1. The molecule has 0 fully saturated rings. The van der Waals surface area contributed by atoms with Gasteiger partial charge in [-0.3, -0.25) is 4.90 Å². The SMILES string of the molecule is OC(CN1CCn2ccnc2C1)c1cccc(F)c1F. The molecule has 0 saturated heterocycles. The quantitative estimate of drug-likeness (QED) is 0.930. The van der Waals surface area contributed by atoms with Crippen molar-refractivity contribution in [1.29, 1.82) is 0 Å². The lowest BCUT2D eigenvalue weighted by Gasteiger charge is -2.29. The van der Waals surface area contributed by atoms with Crippen molar-refractivity contribution in [2.45, 2.75) is 19.2 Å². The lowest BCUT2D eigenvalue weighted by Crippen LogP contribution is -2.36. The van der Waals surface area contributed by atoms with Crippen LogP contribution in [0.3, 0.4) is 0 Å². The lowest BCUT2D eigenvalue weighted by molar-refractivity contribution is 0.0932. The molecule has 2 aromatic rings. The van der Waals surface area contributed by atoms with Crippen molar-refractivity contribution in [2.75, 3.05) is 13.1 Å². The lowest BCUT2D eigenvalue weighted by atomic mass is 10.1. The Bertz CT molecular complexity index is 614. The highest BCUT2D eigenvalue weighted by Crippen LogP contribution is 2.21. The zero-order valence-electron chi connectivity index (χ0n) is 10.8. The topological polar surface area (TPSA) is 41.3 Å². The number of benzene rings is 1. The van der Waals surface area contributed by atoms with Crippen LogP contribution in [-0.2, 0) is 13.1 Å². The summed E-state index contributed by atoms with van der Waals surface area (Å²) in [6, 6.07) is 3.86. The predicted octanol–water partition coefficient (Wildman–Crippen LogP) is 1.71. The summed E-state index contributed by atoms with van der Waals surface area (Å²) in [4.78, 5) is 6.21. The first-order valence-corrected chi connectivity index (χ1v) is 6.49. The third-order valence-corrected chi connectivity index (χ3v) is 3.60. The second-order valence-electron chi connectivity index (χ2n) is 4.93. The number of aromatic nitrogens is 2. The third kappa shape index (κ3) is 2.44. The van der Waals surface area contributed by atoms with Crippen LogP contribution in [0.15, 0.2) is 30.6 Å². The largest absolute Gasteiger partial charge is 0.387 e. The van der Waals surface area contributed by atoms with Crippen LogP contribution in [0.4, 0.5) is 8.78 Å². The molecule has 3 rings (SSSR count). The number of aliphatic hydroxyl groups excluding tert-OH is 1. The third-order valence-electron chi connectivity index (χ3n) is 3.60. The summed E-state index contributed by atoms with van der Waals surface area (Å²) >= 11 is 0. The van der Waals surface area contributed by atoms with Gasteiger partial charge in [-0.1, -0.05) is 12.1 Å². The second kappa shape index (κ2) is 5.30. The minimum absolute atomic E-state index is 0.00100. The van der Waals surface area contributed by atoms with E-state index in [1.165, 1.54) is 12.1 Å². The Hall–Kier alpha value is -1.79. The number of β-amino-alcohol motifs (C(OH)–C–C–N with tert-alkyl or cyclic N) is 1. The zero-order chi connectivity index (χ0) is 14.1. The van der Waals surface area contributed by atoms with E-state index in [9.17, 15) is 13.9 Å². The van der Waals surface area contributed by atoms with Crippen molar-refractivity contribution >= 4 is 0 Å². The van der Waals surface area contributed by atoms with Gasteiger partial charge in [0.25, 0.3) is 0 Å². The number of rotatable bonds is 3. The molecule has 1 aliphatic heterocycles. The van der Waals surface area contributed by atoms with Crippen LogP contribution in [0, 0.1) is 11.6 Å². The highest BCUT2D eigenvalue weighted by atomic mass is 19.2. The van der Waals surface area contributed by atoms with Crippen molar-refractivity contribution in [1.82, 2.24) is 14.5 Å². The van der Waals surface area contributed by atoms with Gasteiger partial charge in [0.1, 0.15) is 5.82 Å². The van der Waals surface area contributed by atoms with Crippen LogP contribution in [0.1, 0.15) is 17.5 Å². The molecule has 0 radical (unpaired) electrons. The van der Waals surface area contributed by atoms with Gasteiger partial charge >= 0.3 is 0 Å². The van der Waals surface area contributed by atoms with E-state index in [-0.39, 0.29) is 12.1 Å². The maximum absolute atomic E-state index is 13.6. The van der Waals surface area contributed by atoms with Crippen LogP contribution < -0.4 is 0 Å². The molecule has 2 heterocycles. The fraction of sp³-hybridized carbons (Fsp3) is 0.357. The molecule has 1 aliphatic rings. The molecule has 1 N–H and O–H groups in total. The average molecular weight is 279 g/mol. The highest BCUT2D eigenvalue weighted by molar-refractivity contribution is 5.21. The minimum atomic E-state index is -1.05. The molecular weight excluding hydrogens is 264 g/mol. The second-order valence-corrected chi connectivity index (χ2v) is 4.93. The first-order valence-electron chi connectivity index (χ1n) is 6.49. The Labute approximate surface area is 115 Å². The maximum atomic E-state index is 13.6. The normalized spacial score (nSPS) is 16.9. The summed E-state index contributed by atoms with van der Waals surface area (Å²) in [5.74, 6) is -0.989. The highest BCUT2D eigenvalue weighted by Gasteiger charge is 2.22. The molecule has 0 aliphatic carbocycles. The Balaban J connectivity index is 1.71. The number of hydrogen-bond donors (Lipinski definition) is 1. The van der Waals surface area contributed by atoms with E-state index < -0.39 is 17.7 Å². The number of hydrogen-bond acceptors (Lipinski definition) is 3. The number of aliphatic hydroxyl groups is 1. The minimum Gasteiger partial charge on any atom is -0.387 e. The summed E-state index contributed by atoms with van der Waals surface area (Å²) in [5.41, 5.74) is -0.00100. The van der Waals surface area contributed by atoms with Gasteiger partial charge in [-0.05, 0) is 6.07 Å². The first kappa shape index (κ1) is 13.2. The van der Waals surface area contributed by atoms with Crippen LogP contribution in [0.2, 0.25) is 0 Å². The van der Waals surface area contributed by atoms with Gasteiger partial charge in [-0.15, -0.1) is 0 Å². The maximum Gasteiger partial charge on any atom is 0.164 e. The average Bonchev–Trinajstić information content (AvgIpc) is 2.89. The van der Waals surface area contributed by atoms with Crippen LogP contribution in [0.5, 0.6) is 0 Å². The number of halogens is 2. The molecule has 20 heavy (non-hydrogen) atoms. The van der Waals surface area contributed by atoms with Crippen molar-refractivity contribution in [3.05, 3.63) is 53.6 Å². The molecule has 6 heteroatoms. The zero-order valence-corrected chi connectivity index (χ0v) is 10.8. The first-order chi connectivity index (χ1) is 9.65. The molecule has 1 aromatic heterocycles. The molecule has 4 nitrogen and oxygen atoms in total. The summed E-state index contributed by atoms with van der Waals surface area (Å²) in [7, 11) is 0. The van der Waals surface area contributed by atoms with Crippen molar-refractivity contribution in [3.8, 4) is 0 Å². The van der Waals surface area contributed by atoms with E-state index in [0.29, 0.717) is 6.54 Å². The van der Waals surface area contributed by atoms with Crippen molar-refractivity contribution in [2.24, 2.45) is 0 Å². The molecule has 1 unspecified atom stereocenters. The summed E-state index contributed by atoms with van der Waals surface area (Å²) in [5, 5.41) is 10.1. The fourth-order valence-electron chi connectivity index (χ4n) is 2.50. The van der Waals surface area contributed by atoms with E-state index in [1.54, 1.807) is 6.20 Å². The Morgan fingerprint density at radius 3 is 3.00 bits per heavy atom. The van der Waals surface area contributed by atoms with E-state index in [1.807, 2.05) is 15.7 Å². The molecule has 1 atom stereocenters. The van der Waals surface area contributed by atoms with Gasteiger partial charge in [-0.2, -0.15) is 0 Å². The molecule has 1 aromatic carbocycles. The van der Waals surface area contributed by atoms with Crippen LogP contribution >= 0.6 is 0 Å². The molecule has 0 saturated carbocycles. The molecule has 0 spiro atoms. The van der Waals surface area contributed by atoms with E-state index in [4.69, 9.17) is 0 Å². The van der Waals surface area contributed by atoms with Crippen molar-refractivity contribution in [3.63, 3.8) is 0 Å². The Kier molecular flexibility index (Phi) is 3.50. The Morgan fingerprint density at radius 1 is 1.30 bits per heavy atom. The summed E-state index contributed by atoms with van der Waals surface area (Å²) < 4.78 is 28.8. The van der Waals surface area contributed by atoms with Gasteiger partial charge in [0.15, 0.2) is 11.6 Å². The Morgan fingerprint density at radius 2 is 2.15 bits per heavy atom. The van der Waals surface area contributed by atoms with Crippen molar-refractivity contribution < 1.29 is 13.9 Å². The van der Waals surface area contributed by atoms with E-state index >= 15 is 0 Å². The monoisotopic (exact) mass is 279 g/mol. The van der Waals surface area contributed by atoms with Gasteiger partial charge in [0.2, 0.25) is 0 Å². The predicted molar refractivity (Wildman–Crippen MR) is 68.8 cm³/mol. The number of imidazole rings is 1. The van der Waals surface area contributed by atoms with E-state index in [2.05, 4.69) is 4.98 Å². The van der Waals surface area contributed by atoms with Gasteiger partial charge in [-0.25, -0.2) is 13.8 Å². The van der Waals surface area contributed by atoms with Crippen LogP contribution in [-0.4, -0.2) is 32.6 Å².